The van der Waals surface area contributed by atoms with Crippen molar-refractivity contribution in [1.82, 2.24) is 4.98 Å². The maximum absolute atomic E-state index is 8.16. The molecule has 0 aliphatic rings. The molecule has 0 fully saturated rings. The number of aromatic nitrogens is 1. The lowest BCUT2D eigenvalue weighted by Crippen LogP contribution is -1.87. The molecule has 88 valence electrons. The van der Waals surface area contributed by atoms with E-state index in [1.165, 1.54) is 10.3 Å². The molecule has 0 aliphatic carbocycles. The van der Waals surface area contributed by atoms with Gasteiger partial charge >= 0.3 is 0 Å². The summed E-state index contributed by atoms with van der Waals surface area (Å²) in [5.41, 5.74) is 10.6. The van der Waals surface area contributed by atoms with Gasteiger partial charge in [0.05, 0.1) is 15.2 Å². The number of thiazole rings is 1. The molecule has 0 radical (unpaired) electrons. The van der Waals surface area contributed by atoms with Crippen molar-refractivity contribution in [3.05, 3.63) is 39.2 Å². The van der Waals surface area contributed by atoms with Gasteiger partial charge in [0.1, 0.15) is 0 Å². The molecule has 0 saturated carbocycles. The van der Waals surface area contributed by atoms with Crippen LogP contribution in [0.3, 0.4) is 0 Å². The first-order valence-corrected chi connectivity index (χ1v) is 6.48. The van der Waals surface area contributed by atoms with Crippen LogP contribution in [0.4, 0.5) is 0 Å². The SMILES string of the molecule is Cc1nc2ccc(CCCCN=[N+]=[N-])cc2s1. The maximum atomic E-state index is 8.16. The molecule has 0 unspecified atom stereocenters. The predicted molar refractivity (Wildman–Crippen MR) is 71.3 cm³/mol. The molecule has 2 rings (SSSR count). The fourth-order valence-corrected chi connectivity index (χ4v) is 2.69. The van der Waals surface area contributed by atoms with Gasteiger partial charge in [0, 0.05) is 11.5 Å². The van der Waals surface area contributed by atoms with Crippen LogP contribution in [-0.4, -0.2) is 11.5 Å². The van der Waals surface area contributed by atoms with E-state index in [9.17, 15) is 0 Å². The third-order valence-electron chi connectivity index (χ3n) is 2.60. The Morgan fingerprint density at radius 3 is 3.12 bits per heavy atom. The van der Waals surface area contributed by atoms with Crippen molar-refractivity contribution in [2.24, 2.45) is 5.11 Å². The summed E-state index contributed by atoms with van der Waals surface area (Å²) in [6.07, 6.45) is 3.04. The normalized spacial score (nSPS) is 10.4. The summed E-state index contributed by atoms with van der Waals surface area (Å²) >= 11 is 1.74. The number of aryl methyl sites for hydroxylation is 2. The van der Waals surface area contributed by atoms with Gasteiger partial charge in [-0.1, -0.05) is 11.2 Å². The second kappa shape index (κ2) is 5.66. The van der Waals surface area contributed by atoms with E-state index < -0.39 is 0 Å². The summed E-state index contributed by atoms with van der Waals surface area (Å²) in [5, 5.41) is 4.64. The topological polar surface area (TPSA) is 61.7 Å². The number of azide groups is 1. The smallest absolute Gasteiger partial charge is 0.0907 e. The average molecular weight is 246 g/mol. The van der Waals surface area contributed by atoms with E-state index in [-0.39, 0.29) is 0 Å². The Morgan fingerprint density at radius 1 is 1.41 bits per heavy atom. The Labute approximate surface area is 104 Å². The molecule has 1 heterocycles. The highest BCUT2D eigenvalue weighted by Gasteiger charge is 2.01. The molecule has 2 aromatic rings. The summed E-state index contributed by atoms with van der Waals surface area (Å²) in [7, 11) is 0. The van der Waals surface area contributed by atoms with Crippen LogP contribution in [0.1, 0.15) is 23.4 Å². The Balaban J connectivity index is 1.96. The highest BCUT2D eigenvalue weighted by Crippen LogP contribution is 2.23. The minimum Gasteiger partial charge on any atom is -0.242 e. The minimum absolute atomic E-state index is 0.596. The average Bonchev–Trinajstić information content (AvgIpc) is 2.68. The molecule has 4 nitrogen and oxygen atoms in total. The lowest BCUT2D eigenvalue weighted by Gasteiger charge is -1.99. The Kier molecular flexibility index (Phi) is 3.96. The molecule has 0 amide bonds. The van der Waals surface area contributed by atoms with Crippen molar-refractivity contribution < 1.29 is 0 Å². The first-order chi connectivity index (χ1) is 8.29. The van der Waals surface area contributed by atoms with Crippen molar-refractivity contribution in [3.8, 4) is 0 Å². The molecular formula is C12H14N4S. The van der Waals surface area contributed by atoms with E-state index >= 15 is 0 Å². The van der Waals surface area contributed by atoms with Gasteiger partial charge in [0.2, 0.25) is 0 Å². The molecule has 5 heteroatoms. The van der Waals surface area contributed by atoms with Crippen LogP contribution in [-0.2, 0) is 6.42 Å². The zero-order valence-electron chi connectivity index (χ0n) is 9.76. The fourth-order valence-electron chi connectivity index (χ4n) is 1.80. The molecule has 0 saturated heterocycles. The van der Waals surface area contributed by atoms with E-state index in [0.29, 0.717) is 6.54 Å². The number of rotatable bonds is 5. The Bertz CT molecular complexity index is 555. The molecule has 0 aliphatic heterocycles. The standard InChI is InChI=1S/C12H14N4S/c1-9-15-11-6-5-10(8-12(11)17-9)4-2-3-7-14-16-13/h5-6,8H,2-4,7H2,1H3. The van der Waals surface area contributed by atoms with Gasteiger partial charge in [0.25, 0.3) is 0 Å². The summed E-state index contributed by atoms with van der Waals surface area (Å²) in [6, 6.07) is 6.43. The number of nitrogens with zero attached hydrogens (tertiary/aromatic N) is 4. The molecule has 0 bridgehead atoms. The van der Waals surface area contributed by atoms with Crippen molar-refractivity contribution in [1.29, 1.82) is 0 Å². The molecule has 0 N–H and O–H groups in total. The second-order valence-electron chi connectivity index (χ2n) is 3.95. The van der Waals surface area contributed by atoms with Gasteiger partial charge in [-0.2, -0.15) is 0 Å². The van der Waals surface area contributed by atoms with Crippen molar-refractivity contribution in [3.63, 3.8) is 0 Å². The van der Waals surface area contributed by atoms with Crippen LogP contribution in [0.25, 0.3) is 20.7 Å². The van der Waals surface area contributed by atoms with Gasteiger partial charge in [-0.05, 0) is 49.4 Å². The van der Waals surface area contributed by atoms with Crippen LogP contribution in [0.2, 0.25) is 0 Å². The van der Waals surface area contributed by atoms with Crippen LogP contribution in [0.5, 0.6) is 0 Å². The van der Waals surface area contributed by atoms with Crippen LogP contribution in [0, 0.1) is 6.92 Å². The number of benzene rings is 1. The van der Waals surface area contributed by atoms with Gasteiger partial charge in [0.15, 0.2) is 0 Å². The molecular weight excluding hydrogens is 232 g/mol. The summed E-state index contributed by atoms with van der Waals surface area (Å²) in [5.74, 6) is 0. The van der Waals surface area contributed by atoms with Gasteiger partial charge < -0.3 is 0 Å². The monoisotopic (exact) mass is 246 g/mol. The zero-order chi connectivity index (χ0) is 12.1. The van der Waals surface area contributed by atoms with E-state index in [1.54, 1.807) is 11.3 Å². The lowest BCUT2D eigenvalue weighted by molar-refractivity contribution is 0.742. The Morgan fingerprint density at radius 2 is 2.29 bits per heavy atom. The van der Waals surface area contributed by atoms with Gasteiger partial charge in [-0.15, -0.1) is 11.3 Å². The molecule has 17 heavy (non-hydrogen) atoms. The van der Waals surface area contributed by atoms with Crippen molar-refractivity contribution in [2.45, 2.75) is 26.2 Å². The number of hydrogen-bond donors (Lipinski definition) is 0. The highest BCUT2D eigenvalue weighted by molar-refractivity contribution is 7.18. The first kappa shape index (κ1) is 11.9. The minimum atomic E-state index is 0.596. The molecule has 0 spiro atoms. The number of fused-ring (bicyclic) bond motifs is 1. The third kappa shape index (κ3) is 3.19. The summed E-state index contributed by atoms with van der Waals surface area (Å²) in [6.45, 7) is 2.63. The largest absolute Gasteiger partial charge is 0.242 e. The van der Waals surface area contributed by atoms with Crippen LogP contribution < -0.4 is 0 Å². The van der Waals surface area contributed by atoms with E-state index in [1.807, 2.05) is 6.92 Å². The second-order valence-corrected chi connectivity index (χ2v) is 5.18. The first-order valence-electron chi connectivity index (χ1n) is 5.66. The lowest BCUT2D eigenvalue weighted by atomic mass is 10.1. The predicted octanol–water partition coefficient (Wildman–Crippen LogP) is 4.24. The molecule has 1 aromatic carbocycles. The molecule has 0 atom stereocenters. The van der Waals surface area contributed by atoms with Crippen molar-refractivity contribution >= 4 is 21.6 Å². The number of unbranched alkanes of at least 4 members (excludes halogenated alkanes) is 1. The quantitative estimate of drug-likeness (QED) is 0.337. The maximum Gasteiger partial charge on any atom is 0.0907 e. The van der Waals surface area contributed by atoms with Crippen LogP contribution >= 0.6 is 11.3 Å². The van der Waals surface area contributed by atoms with Gasteiger partial charge in [-0.3, -0.25) is 0 Å². The zero-order valence-corrected chi connectivity index (χ0v) is 10.6. The number of hydrogen-bond acceptors (Lipinski definition) is 3. The van der Waals surface area contributed by atoms with Crippen LogP contribution in [0.15, 0.2) is 23.3 Å². The third-order valence-corrected chi connectivity index (χ3v) is 3.53. The Hall–Kier alpha value is -1.58. The van der Waals surface area contributed by atoms with E-state index in [2.05, 4.69) is 33.2 Å². The summed E-state index contributed by atoms with van der Waals surface area (Å²) in [4.78, 5) is 7.18. The summed E-state index contributed by atoms with van der Waals surface area (Å²) < 4.78 is 1.26. The van der Waals surface area contributed by atoms with E-state index in [0.717, 1.165) is 29.8 Å². The highest BCUT2D eigenvalue weighted by atomic mass is 32.1. The van der Waals surface area contributed by atoms with E-state index in [4.69, 9.17) is 5.53 Å². The fraction of sp³-hybridized carbons (Fsp3) is 0.417. The van der Waals surface area contributed by atoms with Crippen molar-refractivity contribution in [2.75, 3.05) is 6.54 Å². The van der Waals surface area contributed by atoms with Gasteiger partial charge in [-0.25, -0.2) is 4.98 Å². The molecule has 1 aromatic heterocycles.